The molecule has 19 heavy (non-hydrogen) atoms. The first kappa shape index (κ1) is 18.0. The van der Waals surface area contributed by atoms with Gasteiger partial charge in [0, 0.05) is 13.7 Å². The molecular formula is C12H24F2N2O3. The summed E-state index contributed by atoms with van der Waals surface area (Å²) in [5.41, 5.74) is 0. The van der Waals surface area contributed by atoms with Gasteiger partial charge in [-0.15, -0.1) is 0 Å². The summed E-state index contributed by atoms with van der Waals surface area (Å²) in [6.07, 6.45) is -2.23. The Morgan fingerprint density at radius 1 is 1.53 bits per heavy atom. The molecule has 2 atom stereocenters. The van der Waals surface area contributed by atoms with Crippen LogP contribution in [-0.2, 0) is 9.47 Å². The molecule has 0 spiro atoms. The van der Waals surface area contributed by atoms with E-state index in [9.17, 15) is 13.6 Å². The van der Waals surface area contributed by atoms with Gasteiger partial charge in [-0.2, -0.15) is 0 Å². The molecule has 1 heterocycles. The van der Waals surface area contributed by atoms with Crippen LogP contribution in [0.4, 0.5) is 13.6 Å². The smallest absolute Gasteiger partial charge is 0.407 e. The number of hydrogen-bond donors (Lipinski definition) is 1. The topological polar surface area (TPSA) is 50.8 Å². The van der Waals surface area contributed by atoms with Gasteiger partial charge >= 0.3 is 6.09 Å². The van der Waals surface area contributed by atoms with Crippen molar-refractivity contribution < 1.29 is 23.0 Å². The molecule has 0 aromatic rings. The summed E-state index contributed by atoms with van der Waals surface area (Å²) in [4.78, 5) is 12.8. The van der Waals surface area contributed by atoms with Crippen molar-refractivity contribution in [2.75, 3.05) is 33.9 Å². The number of alkyl halides is 2. The van der Waals surface area contributed by atoms with E-state index in [-0.39, 0.29) is 12.6 Å². The van der Waals surface area contributed by atoms with E-state index in [2.05, 4.69) is 5.32 Å². The van der Waals surface area contributed by atoms with E-state index in [1.165, 1.54) is 12.0 Å². The quantitative estimate of drug-likeness (QED) is 0.853. The third-order valence-corrected chi connectivity index (χ3v) is 2.46. The van der Waals surface area contributed by atoms with Gasteiger partial charge in [-0.25, -0.2) is 13.6 Å². The lowest BCUT2D eigenvalue weighted by molar-refractivity contribution is -0.0781. The Labute approximate surface area is 113 Å². The van der Waals surface area contributed by atoms with Gasteiger partial charge in [-0.05, 0) is 14.0 Å². The van der Waals surface area contributed by atoms with E-state index in [0.717, 1.165) is 0 Å². The molecule has 5 nitrogen and oxygen atoms in total. The van der Waals surface area contributed by atoms with E-state index in [0.29, 0.717) is 6.61 Å². The maximum Gasteiger partial charge on any atom is 0.407 e. The number of likely N-dealkylation sites (tertiary alicyclic amines) is 1. The van der Waals surface area contributed by atoms with E-state index in [4.69, 9.17) is 9.47 Å². The first-order chi connectivity index (χ1) is 8.85. The molecular weight excluding hydrogens is 258 g/mol. The van der Waals surface area contributed by atoms with E-state index in [1.807, 2.05) is 13.8 Å². The second kappa shape index (κ2) is 8.27. The second-order valence-electron chi connectivity index (χ2n) is 4.35. The maximum absolute atomic E-state index is 13.3. The molecule has 0 radical (unpaired) electrons. The molecule has 1 saturated heterocycles. The fraction of sp³-hybridized carbons (Fsp3) is 0.917. The maximum atomic E-state index is 13.3. The summed E-state index contributed by atoms with van der Waals surface area (Å²) < 4.78 is 36.2. The zero-order valence-electron chi connectivity index (χ0n) is 12.2. The van der Waals surface area contributed by atoms with Crippen LogP contribution in [0.3, 0.4) is 0 Å². The van der Waals surface area contributed by atoms with Crippen LogP contribution < -0.4 is 5.32 Å². The van der Waals surface area contributed by atoms with Crippen molar-refractivity contribution in [2.24, 2.45) is 0 Å². The molecule has 1 fully saturated rings. The largest absolute Gasteiger partial charge is 0.438 e. The highest BCUT2D eigenvalue weighted by atomic mass is 19.3. The van der Waals surface area contributed by atoms with Gasteiger partial charge in [0.2, 0.25) is 0 Å². The number of methoxy groups -OCH3 is 1. The number of carbonyl (C=O) groups excluding carboxylic acids is 1. The van der Waals surface area contributed by atoms with Gasteiger partial charge in [-0.1, -0.05) is 13.8 Å². The summed E-state index contributed by atoms with van der Waals surface area (Å²) in [6, 6.07) is -0.278. The van der Waals surface area contributed by atoms with Crippen LogP contribution in [0.1, 0.15) is 20.8 Å². The zero-order chi connectivity index (χ0) is 15.1. The van der Waals surface area contributed by atoms with Crippen molar-refractivity contribution in [3.63, 3.8) is 0 Å². The number of likely N-dealkylation sites (N-methyl/N-ethyl adjacent to an activating group) is 1. The van der Waals surface area contributed by atoms with Gasteiger partial charge in [0.1, 0.15) is 0 Å². The Hall–Kier alpha value is -0.950. The number of nitrogens with one attached hydrogen (secondary N) is 1. The molecule has 0 saturated carbocycles. The Kier molecular flexibility index (Phi) is 7.85. The minimum absolute atomic E-state index is 0.0408. The molecule has 1 amide bonds. The lowest BCUT2D eigenvalue weighted by Crippen LogP contribution is -2.42. The van der Waals surface area contributed by atoms with E-state index in [1.54, 1.807) is 14.0 Å². The monoisotopic (exact) mass is 282 g/mol. The van der Waals surface area contributed by atoms with Crippen molar-refractivity contribution in [2.45, 2.75) is 38.8 Å². The average Bonchev–Trinajstić information content (AvgIpc) is 2.54. The summed E-state index contributed by atoms with van der Waals surface area (Å²) >= 11 is 0. The second-order valence-corrected chi connectivity index (χ2v) is 4.35. The molecule has 2 unspecified atom stereocenters. The molecule has 1 rings (SSSR count). The molecule has 1 aliphatic heterocycles. The Morgan fingerprint density at radius 3 is 2.53 bits per heavy atom. The molecule has 1 aliphatic rings. The molecule has 114 valence electrons. The number of hydrogen-bond acceptors (Lipinski definition) is 4. The van der Waals surface area contributed by atoms with Gasteiger partial charge in [-0.3, -0.25) is 4.90 Å². The highest BCUT2D eigenvalue weighted by Gasteiger charge is 2.49. The highest BCUT2D eigenvalue weighted by Crippen LogP contribution is 2.28. The van der Waals surface area contributed by atoms with Crippen LogP contribution in [0.25, 0.3) is 0 Å². The predicted octanol–water partition coefficient (Wildman–Crippen LogP) is 1.72. The standard InChI is InChI=1S/C10H18F2N2O3.C2H6/c1-7(5-16-3)13-9(15)17-8-4-14(2)6-10(8,11)12;1-2/h7-8H,4-6H2,1-3H3,(H,13,15);1-2H3. The summed E-state index contributed by atoms with van der Waals surface area (Å²) in [5.74, 6) is -2.99. The van der Waals surface area contributed by atoms with Gasteiger partial charge in [0.05, 0.1) is 19.2 Å². The number of rotatable bonds is 4. The molecule has 7 heteroatoms. The number of ether oxygens (including phenoxy) is 2. The fourth-order valence-corrected chi connectivity index (χ4v) is 1.72. The molecule has 1 N–H and O–H groups in total. The van der Waals surface area contributed by atoms with Crippen LogP contribution >= 0.6 is 0 Å². The van der Waals surface area contributed by atoms with Crippen molar-refractivity contribution in [3.05, 3.63) is 0 Å². The Balaban J connectivity index is 0.00000154. The van der Waals surface area contributed by atoms with Crippen LogP contribution in [0, 0.1) is 0 Å². The van der Waals surface area contributed by atoms with Crippen molar-refractivity contribution in [3.8, 4) is 0 Å². The van der Waals surface area contributed by atoms with Gasteiger partial charge in [0.25, 0.3) is 5.92 Å². The molecule has 0 aromatic carbocycles. The number of amides is 1. The van der Waals surface area contributed by atoms with Gasteiger partial charge in [0.15, 0.2) is 6.10 Å². The number of alkyl carbamates (subject to hydrolysis) is 1. The minimum Gasteiger partial charge on any atom is -0.438 e. The van der Waals surface area contributed by atoms with Crippen molar-refractivity contribution >= 4 is 6.09 Å². The lowest BCUT2D eigenvalue weighted by atomic mass is 10.2. The lowest BCUT2D eigenvalue weighted by Gasteiger charge is -2.20. The predicted molar refractivity (Wildman–Crippen MR) is 68.5 cm³/mol. The van der Waals surface area contributed by atoms with Crippen LogP contribution in [0.2, 0.25) is 0 Å². The Bertz CT molecular complexity index is 278. The molecule has 0 bridgehead atoms. The third kappa shape index (κ3) is 6.15. The number of carbonyl (C=O) groups is 1. The molecule has 0 aliphatic carbocycles. The average molecular weight is 282 g/mol. The normalized spacial score (nSPS) is 23.2. The van der Waals surface area contributed by atoms with Crippen LogP contribution in [-0.4, -0.2) is 62.9 Å². The zero-order valence-corrected chi connectivity index (χ0v) is 12.2. The first-order valence-corrected chi connectivity index (χ1v) is 6.37. The summed E-state index contributed by atoms with van der Waals surface area (Å²) in [6.45, 7) is 5.65. The van der Waals surface area contributed by atoms with Crippen LogP contribution in [0.15, 0.2) is 0 Å². The third-order valence-electron chi connectivity index (χ3n) is 2.46. The molecule has 0 aromatic heterocycles. The minimum atomic E-state index is -2.99. The Morgan fingerprint density at radius 2 is 2.11 bits per heavy atom. The van der Waals surface area contributed by atoms with Crippen LogP contribution in [0.5, 0.6) is 0 Å². The van der Waals surface area contributed by atoms with E-state index < -0.39 is 24.7 Å². The van der Waals surface area contributed by atoms with Crippen molar-refractivity contribution in [1.82, 2.24) is 10.2 Å². The van der Waals surface area contributed by atoms with E-state index >= 15 is 0 Å². The number of nitrogens with zero attached hydrogens (tertiary/aromatic N) is 1. The van der Waals surface area contributed by atoms with Crippen molar-refractivity contribution in [1.29, 1.82) is 0 Å². The SMILES string of the molecule is CC.COCC(C)NC(=O)OC1CN(C)CC1(F)F. The number of halogens is 2. The highest BCUT2D eigenvalue weighted by molar-refractivity contribution is 5.67. The van der Waals surface area contributed by atoms with Gasteiger partial charge < -0.3 is 14.8 Å². The summed E-state index contributed by atoms with van der Waals surface area (Å²) in [5, 5.41) is 2.42. The first-order valence-electron chi connectivity index (χ1n) is 6.37. The summed E-state index contributed by atoms with van der Waals surface area (Å²) in [7, 11) is 3.05. The fourth-order valence-electron chi connectivity index (χ4n) is 1.72.